The minimum Gasteiger partial charge on any atom is -0.479 e. The Labute approximate surface area is 195 Å². The van der Waals surface area contributed by atoms with Crippen LogP contribution in [0.15, 0.2) is 66.7 Å². The molecule has 1 saturated heterocycles. The highest BCUT2D eigenvalue weighted by Crippen LogP contribution is 2.31. The number of ether oxygens (including phenoxy) is 1. The SMILES string of the molecule is CCCCC[C@@](C=CC(O)Cc1cccc(Oc2ccccc2)c1)(C(=O)O)N1CCCC1=O. The third kappa shape index (κ3) is 6.45. The number of rotatable bonds is 12. The number of aliphatic hydroxyl groups is 1. The summed E-state index contributed by atoms with van der Waals surface area (Å²) in [5.74, 6) is 0.204. The van der Waals surface area contributed by atoms with Gasteiger partial charge in [0.05, 0.1) is 6.10 Å². The molecule has 33 heavy (non-hydrogen) atoms. The van der Waals surface area contributed by atoms with E-state index in [0.717, 1.165) is 24.2 Å². The minimum absolute atomic E-state index is 0.140. The zero-order valence-electron chi connectivity index (χ0n) is 19.2. The highest BCUT2D eigenvalue weighted by Gasteiger charge is 2.45. The Bertz CT molecular complexity index is 958. The summed E-state index contributed by atoms with van der Waals surface area (Å²) in [6.07, 6.45) is 6.39. The zero-order valence-corrected chi connectivity index (χ0v) is 19.2. The van der Waals surface area contributed by atoms with E-state index in [1.165, 1.54) is 17.1 Å². The molecule has 0 saturated carbocycles. The summed E-state index contributed by atoms with van der Waals surface area (Å²) in [6.45, 7) is 2.48. The number of carbonyl (C=O) groups is 2. The van der Waals surface area contributed by atoms with Crippen LogP contribution in [0, 0.1) is 0 Å². The van der Waals surface area contributed by atoms with E-state index >= 15 is 0 Å². The fourth-order valence-corrected chi connectivity index (χ4v) is 4.26. The van der Waals surface area contributed by atoms with E-state index in [4.69, 9.17) is 4.74 Å². The van der Waals surface area contributed by atoms with Gasteiger partial charge in [-0.2, -0.15) is 0 Å². The first-order chi connectivity index (χ1) is 15.9. The van der Waals surface area contributed by atoms with Crippen molar-refractivity contribution in [1.29, 1.82) is 0 Å². The molecule has 0 spiro atoms. The van der Waals surface area contributed by atoms with Crippen molar-refractivity contribution in [2.45, 2.75) is 63.5 Å². The van der Waals surface area contributed by atoms with Crippen LogP contribution in [0.25, 0.3) is 0 Å². The Morgan fingerprint density at radius 1 is 1.15 bits per heavy atom. The van der Waals surface area contributed by atoms with E-state index in [1.54, 1.807) is 0 Å². The molecule has 0 bridgehead atoms. The van der Waals surface area contributed by atoms with Gasteiger partial charge in [0.25, 0.3) is 0 Å². The quantitative estimate of drug-likeness (QED) is 0.352. The van der Waals surface area contributed by atoms with Crippen LogP contribution in [0.4, 0.5) is 0 Å². The number of carboxylic acid groups (broad SMARTS) is 1. The Balaban J connectivity index is 1.74. The maximum absolute atomic E-state index is 12.4. The maximum Gasteiger partial charge on any atom is 0.333 e. The zero-order chi connectivity index (χ0) is 23.7. The maximum atomic E-state index is 12.4. The van der Waals surface area contributed by atoms with Crippen molar-refractivity contribution in [1.82, 2.24) is 4.90 Å². The van der Waals surface area contributed by atoms with E-state index in [9.17, 15) is 19.8 Å². The summed E-state index contributed by atoms with van der Waals surface area (Å²) in [7, 11) is 0. The Hall–Kier alpha value is -3.12. The normalized spacial score (nSPS) is 16.7. The average molecular weight is 452 g/mol. The molecule has 2 aromatic rings. The number of benzene rings is 2. The Morgan fingerprint density at radius 3 is 2.58 bits per heavy atom. The van der Waals surface area contributed by atoms with Gasteiger partial charge in [0.15, 0.2) is 5.54 Å². The molecule has 1 unspecified atom stereocenters. The molecule has 6 nitrogen and oxygen atoms in total. The molecule has 2 atom stereocenters. The van der Waals surface area contributed by atoms with Crippen LogP contribution >= 0.6 is 0 Å². The van der Waals surface area contributed by atoms with E-state index < -0.39 is 17.6 Å². The minimum atomic E-state index is -1.41. The number of carboxylic acids is 1. The molecule has 3 rings (SSSR count). The predicted molar refractivity (Wildman–Crippen MR) is 127 cm³/mol. The third-order valence-electron chi connectivity index (χ3n) is 6.00. The lowest BCUT2D eigenvalue weighted by Gasteiger charge is -2.36. The van der Waals surface area contributed by atoms with Gasteiger partial charge in [0, 0.05) is 19.4 Å². The van der Waals surface area contributed by atoms with Crippen LogP contribution in [0.2, 0.25) is 0 Å². The second-order valence-electron chi connectivity index (χ2n) is 8.53. The number of carbonyl (C=O) groups excluding carboxylic acids is 1. The molecule has 176 valence electrons. The first-order valence-electron chi connectivity index (χ1n) is 11.7. The summed E-state index contributed by atoms with van der Waals surface area (Å²) in [5, 5.41) is 20.8. The smallest absolute Gasteiger partial charge is 0.333 e. The van der Waals surface area contributed by atoms with Gasteiger partial charge in [-0.05, 0) is 48.7 Å². The predicted octanol–water partition coefficient (Wildman–Crippen LogP) is 4.96. The van der Waals surface area contributed by atoms with Gasteiger partial charge < -0.3 is 19.8 Å². The van der Waals surface area contributed by atoms with Crippen molar-refractivity contribution in [3.63, 3.8) is 0 Å². The van der Waals surface area contributed by atoms with Crippen molar-refractivity contribution in [3.05, 3.63) is 72.3 Å². The summed E-state index contributed by atoms with van der Waals surface area (Å²) >= 11 is 0. The first-order valence-corrected chi connectivity index (χ1v) is 11.7. The van der Waals surface area contributed by atoms with Crippen molar-refractivity contribution in [2.75, 3.05) is 6.54 Å². The number of unbranched alkanes of at least 4 members (excludes halogenated alkanes) is 2. The second-order valence-corrected chi connectivity index (χ2v) is 8.53. The highest BCUT2D eigenvalue weighted by atomic mass is 16.5. The van der Waals surface area contributed by atoms with Crippen LogP contribution in [0.3, 0.4) is 0 Å². The van der Waals surface area contributed by atoms with Crippen LogP contribution < -0.4 is 4.74 Å². The largest absolute Gasteiger partial charge is 0.479 e. The monoisotopic (exact) mass is 451 g/mol. The number of likely N-dealkylation sites (tertiary alicyclic amines) is 1. The van der Waals surface area contributed by atoms with Crippen LogP contribution in [0.5, 0.6) is 11.5 Å². The molecule has 1 heterocycles. The van der Waals surface area contributed by atoms with Crippen LogP contribution in [-0.4, -0.2) is 45.2 Å². The van der Waals surface area contributed by atoms with E-state index in [1.807, 2.05) is 54.6 Å². The van der Waals surface area contributed by atoms with Crippen molar-refractivity contribution in [2.24, 2.45) is 0 Å². The lowest BCUT2D eigenvalue weighted by Crippen LogP contribution is -2.54. The number of hydrogen-bond acceptors (Lipinski definition) is 4. The van der Waals surface area contributed by atoms with Gasteiger partial charge in [-0.3, -0.25) is 4.79 Å². The topological polar surface area (TPSA) is 87.1 Å². The fourth-order valence-electron chi connectivity index (χ4n) is 4.26. The standard InChI is InChI=1S/C27H33NO5/c1-2-3-7-16-27(26(31)32,28-18-9-14-25(28)30)17-15-22(29)19-21-10-8-13-24(20-21)33-23-11-5-4-6-12-23/h4-6,8,10-13,15,17,20,22,29H,2-3,7,9,14,16,18-19H2,1H3,(H,31,32)/t22?,27-/m1/s1. The van der Waals surface area contributed by atoms with Gasteiger partial charge in [0.2, 0.25) is 5.91 Å². The van der Waals surface area contributed by atoms with Gasteiger partial charge in [-0.15, -0.1) is 0 Å². The highest BCUT2D eigenvalue weighted by molar-refractivity contribution is 5.90. The Kier molecular flexibility index (Phi) is 8.66. The molecule has 1 aliphatic rings. The average Bonchev–Trinajstić information content (AvgIpc) is 3.23. The molecular formula is C27H33NO5. The number of nitrogens with zero attached hydrogens (tertiary/aromatic N) is 1. The van der Waals surface area contributed by atoms with E-state index in [-0.39, 0.29) is 5.91 Å². The molecule has 1 aliphatic heterocycles. The van der Waals surface area contributed by atoms with Crippen molar-refractivity contribution < 1.29 is 24.5 Å². The number of para-hydroxylation sites is 1. The molecule has 0 aromatic heterocycles. The van der Waals surface area contributed by atoms with Crippen LogP contribution in [-0.2, 0) is 16.0 Å². The van der Waals surface area contributed by atoms with Gasteiger partial charge in [0.1, 0.15) is 11.5 Å². The first kappa shape index (κ1) is 24.5. The molecule has 2 N–H and O–H groups in total. The molecular weight excluding hydrogens is 418 g/mol. The molecule has 2 aromatic carbocycles. The Morgan fingerprint density at radius 2 is 1.91 bits per heavy atom. The summed E-state index contributed by atoms with van der Waals surface area (Å²) in [5.41, 5.74) is -0.549. The lowest BCUT2D eigenvalue weighted by atomic mass is 9.88. The number of hydrogen-bond donors (Lipinski definition) is 2. The molecule has 1 fully saturated rings. The van der Waals surface area contributed by atoms with Crippen LogP contribution in [0.1, 0.15) is 51.0 Å². The molecule has 1 amide bonds. The fraction of sp³-hybridized carbons (Fsp3) is 0.407. The van der Waals surface area contributed by atoms with E-state index in [2.05, 4.69) is 6.92 Å². The second kappa shape index (κ2) is 11.7. The summed E-state index contributed by atoms with van der Waals surface area (Å²) < 4.78 is 5.86. The number of aliphatic carboxylic acids is 1. The van der Waals surface area contributed by atoms with Gasteiger partial charge >= 0.3 is 5.97 Å². The van der Waals surface area contributed by atoms with E-state index in [0.29, 0.717) is 44.4 Å². The summed E-state index contributed by atoms with van der Waals surface area (Å²) in [6, 6.07) is 16.9. The third-order valence-corrected chi connectivity index (χ3v) is 6.00. The van der Waals surface area contributed by atoms with Crippen molar-refractivity contribution in [3.8, 4) is 11.5 Å². The molecule has 0 aliphatic carbocycles. The summed E-state index contributed by atoms with van der Waals surface area (Å²) in [4.78, 5) is 26.3. The molecule has 0 radical (unpaired) electrons. The van der Waals surface area contributed by atoms with Crippen molar-refractivity contribution >= 4 is 11.9 Å². The molecule has 6 heteroatoms. The lowest BCUT2D eigenvalue weighted by molar-refractivity contribution is -0.154. The number of aliphatic hydroxyl groups excluding tert-OH is 1. The van der Waals surface area contributed by atoms with Gasteiger partial charge in [-0.1, -0.05) is 62.6 Å². The number of amides is 1. The van der Waals surface area contributed by atoms with Gasteiger partial charge in [-0.25, -0.2) is 4.79 Å².